The molecule has 1 aliphatic rings. The average Bonchev–Trinajstić information content (AvgIpc) is 2.85. The smallest absolute Gasteiger partial charge is 0.227 e. The van der Waals surface area contributed by atoms with Crippen LogP contribution in [0, 0.1) is 0 Å². The Morgan fingerprint density at radius 1 is 0.812 bits per heavy atom. The first kappa shape index (κ1) is 20.5. The number of benzene rings is 3. The molecule has 0 radical (unpaired) electrons. The van der Waals surface area contributed by atoms with Crippen LogP contribution in [0.25, 0.3) is 22.0 Å². The highest BCUT2D eigenvalue weighted by molar-refractivity contribution is 6.31. The molecule has 4 aromatic rings. The van der Waals surface area contributed by atoms with Crippen LogP contribution in [0.5, 0.6) is 0 Å². The van der Waals surface area contributed by atoms with E-state index in [2.05, 4.69) is 45.4 Å². The maximum atomic E-state index is 12.7. The van der Waals surface area contributed by atoms with Crippen molar-refractivity contribution in [1.82, 2.24) is 15.1 Å². The first-order valence-corrected chi connectivity index (χ1v) is 11.1. The Kier molecular flexibility index (Phi) is 5.73. The molecule has 1 aliphatic heterocycles. The topological polar surface area (TPSA) is 49.3 Å². The Labute approximate surface area is 192 Å². The van der Waals surface area contributed by atoms with Gasteiger partial charge in [-0.3, -0.25) is 4.79 Å². The summed E-state index contributed by atoms with van der Waals surface area (Å²) in [5.41, 5.74) is 2.78. The third-order valence-corrected chi connectivity index (χ3v) is 6.32. The Hall–Kier alpha value is -3.44. The highest BCUT2D eigenvalue weighted by atomic mass is 35.5. The number of amides is 1. The lowest BCUT2D eigenvalue weighted by Crippen LogP contribution is -2.49. The van der Waals surface area contributed by atoms with Gasteiger partial charge in [0.15, 0.2) is 5.82 Å². The zero-order chi connectivity index (χ0) is 21.9. The molecule has 1 amide bonds. The molecule has 0 bridgehead atoms. The van der Waals surface area contributed by atoms with Crippen molar-refractivity contribution in [3.05, 3.63) is 89.4 Å². The Balaban J connectivity index is 1.22. The predicted octanol–water partition coefficient (Wildman–Crippen LogP) is 4.84. The van der Waals surface area contributed by atoms with E-state index in [1.807, 2.05) is 53.4 Å². The maximum absolute atomic E-state index is 12.7. The summed E-state index contributed by atoms with van der Waals surface area (Å²) in [7, 11) is 0. The van der Waals surface area contributed by atoms with Crippen LogP contribution in [-0.2, 0) is 11.2 Å². The molecule has 0 spiro atoms. The number of hydrogen-bond donors (Lipinski definition) is 0. The Morgan fingerprint density at radius 2 is 1.56 bits per heavy atom. The van der Waals surface area contributed by atoms with Crippen LogP contribution in [0.15, 0.2) is 78.9 Å². The number of fused-ring (bicyclic) bond motifs is 1. The fourth-order valence-corrected chi connectivity index (χ4v) is 4.30. The summed E-state index contributed by atoms with van der Waals surface area (Å²) < 4.78 is 0. The number of anilines is 1. The maximum Gasteiger partial charge on any atom is 0.227 e. The molecule has 0 aliphatic carbocycles. The van der Waals surface area contributed by atoms with Crippen molar-refractivity contribution in [3.63, 3.8) is 0 Å². The highest BCUT2D eigenvalue weighted by Gasteiger charge is 2.22. The molecule has 0 atom stereocenters. The first-order chi connectivity index (χ1) is 15.7. The molecular formula is C26H23ClN4O. The zero-order valence-corrected chi connectivity index (χ0v) is 18.4. The van der Waals surface area contributed by atoms with Crippen molar-refractivity contribution >= 4 is 34.1 Å². The first-order valence-electron chi connectivity index (χ1n) is 10.8. The number of carbonyl (C=O) groups excluding carboxylic acids is 1. The van der Waals surface area contributed by atoms with Crippen molar-refractivity contribution in [3.8, 4) is 11.3 Å². The van der Waals surface area contributed by atoms with Crippen LogP contribution in [-0.4, -0.2) is 47.2 Å². The van der Waals surface area contributed by atoms with Gasteiger partial charge < -0.3 is 9.80 Å². The zero-order valence-electron chi connectivity index (χ0n) is 17.6. The standard InChI is InChI=1S/C26H23ClN4O/c27-23-8-4-3-7-21(23)18-26(32)31-15-13-30(14-16-31)25-12-11-24(28-29-25)22-10-9-19-5-1-2-6-20(19)17-22/h1-12,17H,13-16,18H2. The minimum atomic E-state index is 0.107. The van der Waals surface area contributed by atoms with Crippen LogP contribution >= 0.6 is 11.6 Å². The lowest BCUT2D eigenvalue weighted by atomic mass is 10.1. The second kappa shape index (κ2) is 8.97. The summed E-state index contributed by atoms with van der Waals surface area (Å²) in [6.45, 7) is 2.80. The number of carbonyl (C=O) groups is 1. The van der Waals surface area contributed by atoms with E-state index >= 15 is 0 Å². The van der Waals surface area contributed by atoms with Crippen molar-refractivity contribution < 1.29 is 4.79 Å². The highest BCUT2D eigenvalue weighted by Crippen LogP contribution is 2.24. The van der Waals surface area contributed by atoms with Crippen LogP contribution in [0.1, 0.15) is 5.56 Å². The minimum absolute atomic E-state index is 0.107. The number of halogens is 1. The molecule has 6 heteroatoms. The summed E-state index contributed by atoms with van der Waals surface area (Å²) >= 11 is 6.20. The lowest BCUT2D eigenvalue weighted by molar-refractivity contribution is -0.130. The molecule has 0 saturated carbocycles. The van der Waals surface area contributed by atoms with Gasteiger partial charge in [0.25, 0.3) is 0 Å². The van der Waals surface area contributed by atoms with Crippen molar-refractivity contribution in [1.29, 1.82) is 0 Å². The molecule has 0 N–H and O–H groups in total. The van der Waals surface area contributed by atoms with Crippen molar-refractivity contribution in [2.75, 3.05) is 31.1 Å². The fourth-order valence-electron chi connectivity index (χ4n) is 4.10. The third kappa shape index (κ3) is 4.30. The second-order valence-electron chi connectivity index (χ2n) is 7.97. The Bertz CT molecular complexity index is 1250. The largest absolute Gasteiger partial charge is 0.352 e. The monoisotopic (exact) mass is 442 g/mol. The Morgan fingerprint density at radius 3 is 2.31 bits per heavy atom. The summed E-state index contributed by atoms with van der Waals surface area (Å²) in [4.78, 5) is 16.8. The molecule has 160 valence electrons. The van der Waals surface area contributed by atoms with Crippen molar-refractivity contribution in [2.45, 2.75) is 6.42 Å². The quantitative estimate of drug-likeness (QED) is 0.453. The van der Waals surface area contributed by atoms with Gasteiger partial charge in [-0.05, 0) is 40.6 Å². The molecule has 1 fully saturated rings. The molecule has 32 heavy (non-hydrogen) atoms. The minimum Gasteiger partial charge on any atom is -0.352 e. The molecule has 1 saturated heterocycles. The van der Waals surface area contributed by atoms with Crippen molar-refractivity contribution in [2.24, 2.45) is 0 Å². The normalized spacial score (nSPS) is 14.0. The summed E-state index contributed by atoms with van der Waals surface area (Å²) in [5.74, 6) is 0.947. The van der Waals surface area contributed by atoms with Gasteiger partial charge in [-0.2, -0.15) is 0 Å². The van der Waals surface area contributed by atoms with Crippen LogP contribution < -0.4 is 4.90 Å². The van der Waals surface area contributed by atoms with Gasteiger partial charge in [0.2, 0.25) is 5.91 Å². The van der Waals surface area contributed by atoms with Gasteiger partial charge in [-0.25, -0.2) is 0 Å². The SMILES string of the molecule is O=C(Cc1ccccc1Cl)N1CCN(c2ccc(-c3ccc4ccccc4c3)nn2)CC1. The van der Waals surface area contributed by atoms with Gasteiger partial charge in [0.1, 0.15) is 0 Å². The van der Waals surface area contributed by atoms with E-state index in [4.69, 9.17) is 11.6 Å². The van der Waals surface area contributed by atoms with Crippen LogP contribution in [0.4, 0.5) is 5.82 Å². The fraction of sp³-hybridized carbons (Fsp3) is 0.192. The van der Waals surface area contributed by atoms with Gasteiger partial charge in [0, 0.05) is 36.8 Å². The number of rotatable bonds is 4. The van der Waals surface area contributed by atoms with Gasteiger partial charge >= 0.3 is 0 Å². The second-order valence-corrected chi connectivity index (χ2v) is 8.38. The summed E-state index contributed by atoms with van der Waals surface area (Å²) in [6, 6.07) is 26.2. The molecule has 0 unspecified atom stereocenters. The number of aromatic nitrogens is 2. The van der Waals surface area contributed by atoms with E-state index in [-0.39, 0.29) is 5.91 Å². The number of hydrogen-bond acceptors (Lipinski definition) is 4. The van der Waals surface area contributed by atoms with Gasteiger partial charge in [-0.15, -0.1) is 10.2 Å². The van der Waals surface area contributed by atoms with E-state index in [1.165, 1.54) is 10.8 Å². The predicted molar refractivity (Wildman–Crippen MR) is 129 cm³/mol. The van der Waals surface area contributed by atoms with E-state index in [0.29, 0.717) is 24.5 Å². The van der Waals surface area contributed by atoms with E-state index in [1.54, 1.807) is 0 Å². The molecule has 2 heterocycles. The molecule has 5 rings (SSSR count). The summed E-state index contributed by atoms with van der Waals surface area (Å²) in [5, 5.41) is 12.0. The third-order valence-electron chi connectivity index (χ3n) is 5.95. The van der Waals surface area contributed by atoms with Crippen LogP contribution in [0.2, 0.25) is 5.02 Å². The molecular weight excluding hydrogens is 420 g/mol. The van der Waals surface area contributed by atoms with Crippen LogP contribution in [0.3, 0.4) is 0 Å². The van der Waals surface area contributed by atoms with E-state index in [0.717, 1.165) is 35.7 Å². The number of nitrogens with zero attached hydrogens (tertiary/aromatic N) is 4. The molecule has 1 aromatic heterocycles. The van der Waals surface area contributed by atoms with Gasteiger partial charge in [-0.1, -0.05) is 66.2 Å². The molecule has 3 aromatic carbocycles. The average molecular weight is 443 g/mol. The lowest BCUT2D eigenvalue weighted by Gasteiger charge is -2.35. The van der Waals surface area contributed by atoms with E-state index in [9.17, 15) is 4.79 Å². The van der Waals surface area contributed by atoms with E-state index < -0.39 is 0 Å². The van der Waals surface area contributed by atoms with Gasteiger partial charge in [0.05, 0.1) is 12.1 Å². The molecule has 5 nitrogen and oxygen atoms in total. The summed E-state index contributed by atoms with van der Waals surface area (Å²) in [6.07, 6.45) is 0.333. The number of piperazine rings is 1.